The minimum atomic E-state index is -0.838. The summed E-state index contributed by atoms with van der Waals surface area (Å²) in [6, 6.07) is 4.89. The first-order chi connectivity index (χ1) is 10.9. The Balaban J connectivity index is 0.00000288. The zero-order valence-electron chi connectivity index (χ0n) is 13.6. The van der Waals surface area contributed by atoms with Crippen LogP contribution in [-0.2, 0) is 4.79 Å². The lowest BCUT2D eigenvalue weighted by atomic mass is 9.71. The van der Waals surface area contributed by atoms with Crippen molar-refractivity contribution in [3.8, 4) is 0 Å². The first kappa shape index (κ1) is 21.5. The van der Waals surface area contributed by atoms with Crippen molar-refractivity contribution in [1.82, 2.24) is 5.32 Å². The number of amides is 1. The molecule has 2 rings (SSSR count). The average molecular weight is 396 g/mol. The fraction of sp³-hybridized carbons (Fsp3) is 0.588. The van der Waals surface area contributed by atoms with Gasteiger partial charge in [0.1, 0.15) is 0 Å². The van der Waals surface area contributed by atoms with Gasteiger partial charge in [0.15, 0.2) is 0 Å². The van der Waals surface area contributed by atoms with Gasteiger partial charge < -0.3 is 16.2 Å². The molecule has 0 saturated heterocycles. The van der Waals surface area contributed by atoms with E-state index in [4.69, 9.17) is 28.9 Å². The van der Waals surface area contributed by atoms with Gasteiger partial charge in [-0.3, -0.25) is 4.79 Å². The Morgan fingerprint density at radius 3 is 2.33 bits per heavy atom. The molecule has 4 nitrogen and oxygen atoms in total. The number of benzene rings is 1. The van der Waals surface area contributed by atoms with E-state index in [1.807, 2.05) is 0 Å². The number of halogens is 3. The molecule has 136 valence electrons. The van der Waals surface area contributed by atoms with Crippen molar-refractivity contribution in [2.75, 3.05) is 13.1 Å². The van der Waals surface area contributed by atoms with Crippen molar-refractivity contribution >= 4 is 41.5 Å². The molecule has 0 heterocycles. The molecule has 1 aliphatic carbocycles. The maximum atomic E-state index is 12.2. The summed E-state index contributed by atoms with van der Waals surface area (Å²) >= 11 is 11.9. The molecule has 0 bridgehead atoms. The normalized spacial score (nSPS) is 17.7. The number of rotatable bonds is 6. The number of nitrogens with two attached hydrogens (primary N) is 1. The van der Waals surface area contributed by atoms with Crippen LogP contribution in [0.5, 0.6) is 0 Å². The summed E-state index contributed by atoms with van der Waals surface area (Å²) in [5, 5.41) is 13.9. The van der Waals surface area contributed by atoms with Crippen LogP contribution >= 0.6 is 35.6 Å². The Morgan fingerprint density at radius 1 is 1.21 bits per heavy atom. The van der Waals surface area contributed by atoms with Crippen molar-refractivity contribution < 1.29 is 9.90 Å². The number of carbonyl (C=O) groups excluding carboxylic acids is 1. The third kappa shape index (κ3) is 6.08. The van der Waals surface area contributed by atoms with Gasteiger partial charge in [-0.2, -0.15) is 0 Å². The van der Waals surface area contributed by atoms with E-state index in [-0.39, 0.29) is 30.3 Å². The van der Waals surface area contributed by atoms with E-state index in [0.29, 0.717) is 28.6 Å². The number of hydrogen-bond acceptors (Lipinski definition) is 3. The van der Waals surface area contributed by atoms with Gasteiger partial charge in [0, 0.05) is 23.0 Å². The summed E-state index contributed by atoms with van der Waals surface area (Å²) < 4.78 is 0. The molecule has 24 heavy (non-hydrogen) atoms. The smallest absolute Gasteiger partial charge is 0.220 e. The molecule has 1 saturated carbocycles. The molecule has 1 aromatic rings. The maximum absolute atomic E-state index is 12.2. The standard InChI is InChI=1S/C17H24Cl2N2O2.ClH/c18-13-6-12(7-14(19)8-13)15(22)10-21-16(23)9-17(11-20)4-2-1-3-5-17;/h6-8,15,22H,1-5,9-11,20H2,(H,21,23);1H. The molecule has 1 atom stereocenters. The highest BCUT2D eigenvalue weighted by molar-refractivity contribution is 6.34. The molecule has 7 heteroatoms. The molecule has 0 spiro atoms. The Morgan fingerprint density at radius 2 is 1.79 bits per heavy atom. The number of aliphatic hydroxyl groups is 1. The third-order valence-electron chi connectivity index (χ3n) is 4.65. The minimum absolute atomic E-state index is 0. The lowest BCUT2D eigenvalue weighted by molar-refractivity contribution is -0.124. The molecule has 0 aromatic heterocycles. The quantitative estimate of drug-likeness (QED) is 0.684. The van der Waals surface area contributed by atoms with Gasteiger partial charge >= 0.3 is 0 Å². The van der Waals surface area contributed by atoms with Gasteiger partial charge in [-0.05, 0) is 48.6 Å². The predicted molar refractivity (Wildman–Crippen MR) is 101 cm³/mol. The lowest BCUT2D eigenvalue weighted by Gasteiger charge is -2.35. The fourth-order valence-electron chi connectivity index (χ4n) is 3.25. The Bertz CT molecular complexity index is 528. The molecular weight excluding hydrogens is 371 g/mol. The van der Waals surface area contributed by atoms with Crippen LogP contribution < -0.4 is 11.1 Å². The highest BCUT2D eigenvalue weighted by Gasteiger charge is 2.32. The van der Waals surface area contributed by atoms with Crippen LogP contribution in [0.25, 0.3) is 0 Å². The summed E-state index contributed by atoms with van der Waals surface area (Å²) in [5.74, 6) is -0.0653. The molecule has 0 aliphatic heterocycles. The van der Waals surface area contributed by atoms with E-state index < -0.39 is 6.10 Å². The molecule has 1 aliphatic rings. The monoisotopic (exact) mass is 394 g/mol. The van der Waals surface area contributed by atoms with E-state index in [9.17, 15) is 9.90 Å². The molecule has 1 aromatic carbocycles. The van der Waals surface area contributed by atoms with Crippen LogP contribution in [0.2, 0.25) is 10.0 Å². The molecular formula is C17H25Cl3N2O2. The third-order valence-corrected chi connectivity index (χ3v) is 5.08. The van der Waals surface area contributed by atoms with E-state index >= 15 is 0 Å². The van der Waals surface area contributed by atoms with Gasteiger partial charge in [-0.25, -0.2) is 0 Å². The van der Waals surface area contributed by atoms with E-state index in [1.165, 1.54) is 6.42 Å². The zero-order chi connectivity index (χ0) is 16.9. The second-order valence-corrected chi connectivity index (χ2v) is 7.34. The van der Waals surface area contributed by atoms with Crippen LogP contribution in [0.15, 0.2) is 18.2 Å². The number of carbonyl (C=O) groups is 1. The summed E-state index contributed by atoms with van der Waals surface area (Å²) in [7, 11) is 0. The Labute approximate surface area is 159 Å². The average Bonchev–Trinajstić information content (AvgIpc) is 2.52. The number of hydrogen-bond donors (Lipinski definition) is 3. The van der Waals surface area contributed by atoms with E-state index in [1.54, 1.807) is 18.2 Å². The van der Waals surface area contributed by atoms with Crippen molar-refractivity contribution in [3.05, 3.63) is 33.8 Å². The van der Waals surface area contributed by atoms with Crippen LogP contribution in [0.4, 0.5) is 0 Å². The molecule has 0 radical (unpaired) electrons. The fourth-order valence-corrected chi connectivity index (χ4v) is 3.80. The highest BCUT2D eigenvalue weighted by Crippen LogP contribution is 2.38. The second-order valence-electron chi connectivity index (χ2n) is 6.46. The van der Waals surface area contributed by atoms with Crippen molar-refractivity contribution in [3.63, 3.8) is 0 Å². The van der Waals surface area contributed by atoms with Crippen LogP contribution in [0.1, 0.15) is 50.2 Å². The first-order valence-corrected chi connectivity index (χ1v) is 8.80. The van der Waals surface area contributed by atoms with Crippen molar-refractivity contribution in [1.29, 1.82) is 0 Å². The van der Waals surface area contributed by atoms with Gasteiger partial charge in [0.2, 0.25) is 5.91 Å². The lowest BCUT2D eigenvalue weighted by Crippen LogP contribution is -2.39. The molecule has 1 fully saturated rings. The van der Waals surface area contributed by atoms with Crippen molar-refractivity contribution in [2.24, 2.45) is 11.1 Å². The van der Waals surface area contributed by atoms with E-state index in [2.05, 4.69) is 5.32 Å². The van der Waals surface area contributed by atoms with Gasteiger partial charge in [0.25, 0.3) is 0 Å². The van der Waals surface area contributed by atoms with Crippen LogP contribution in [0, 0.1) is 5.41 Å². The first-order valence-electron chi connectivity index (χ1n) is 8.05. The minimum Gasteiger partial charge on any atom is -0.387 e. The highest BCUT2D eigenvalue weighted by atomic mass is 35.5. The maximum Gasteiger partial charge on any atom is 0.220 e. The van der Waals surface area contributed by atoms with Gasteiger partial charge in [-0.15, -0.1) is 12.4 Å². The molecule has 1 amide bonds. The second kappa shape index (κ2) is 9.83. The summed E-state index contributed by atoms with van der Waals surface area (Å²) in [5.41, 5.74) is 6.42. The molecule has 4 N–H and O–H groups in total. The summed E-state index contributed by atoms with van der Waals surface area (Å²) in [4.78, 5) is 12.2. The predicted octanol–water partition coefficient (Wildman–Crippen LogP) is 3.86. The SMILES string of the molecule is Cl.NCC1(CC(=O)NCC(O)c2cc(Cl)cc(Cl)c2)CCCCC1. The van der Waals surface area contributed by atoms with Crippen molar-refractivity contribution in [2.45, 2.75) is 44.6 Å². The van der Waals surface area contributed by atoms with Crippen LogP contribution in [0.3, 0.4) is 0 Å². The van der Waals surface area contributed by atoms with Gasteiger partial charge in [-0.1, -0.05) is 42.5 Å². The largest absolute Gasteiger partial charge is 0.387 e. The van der Waals surface area contributed by atoms with E-state index in [0.717, 1.165) is 25.7 Å². The summed E-state index contributed by atoms with van der Waals surface area (Å²) in [6.07, 6.45) is 5.08. The number of nitrogens with one attached hydrogen (secondary N) is 1. The summed E-state index contributed by atoms with van der Waals surface area (Å²) in [6.45, 7) is 0.670. The molecule has 1 unspecified atom stereocenters. The Hall–Kier alpha value is -0.520. The van der Waals surface area contributed by atoms with Gasteiger partial charge in [0.05, 0.1) is 6.10 Å². The zero-order valence-corrected chi connectivity index (χ0v) is 15.9. The Kier molecular flexibility index (Phi) is 8.82. The van der Waals surface area contributed by atoms with Crippen LogP contribution in [-0.4, -0.2) is 24.1 Å². The number of aliphatic hydroxyl groups excluding tert-OH is 1. The topological polar surface area (TPSA) is 75.4 Å².